The molecule has 73 heavy (non-hydrogen) atoms. The van der Waals surface area contributed by atoms with Gasteiger partial charge in [-0.15, -0.1) is 6.58 Å². The number of carbonyl (C=O) groups excluding carboxylic acids is 2. The molecule has 0 saturated heterocycles. The molecule has 1 aliphatic heterocycles. The predicted octanol–water partition coefficient (Wildman–Crippen LogP) is 13.8. The Bertz CT molecular complexity index is 2410. The van der Waals surface area contributed by atoms with Gasteiger partial charge in [0.1, 0.15) is 42.0 Å². The van der Waals surface area contributed by atoms with Crippen molar-refractivity contribution < 1.29 is 48.0 Å². The molecular weight excluding hydrogens is 924 g/mol. The van der Waals surface area contributed by atoms with Crippen LogP contribution in [0.5, 0.6) is 17.2 Å². The minimum atomic E-state index is -1.54. The molecule has 12 heteroatoms. The van der Waals surface area contributed by atoms with E-state index in [1.165, 1.54) is 50.7 Å². The third-order valence-corrected chi connectivity index (χ3v) is 14.7. The summed E-state index contributed by atoms with van der Waals surface area (Å²) in [6.07, 6.45) is 20.1. The zero-order valence-electron chi connectivity index (χ0n) is 42.9. The van der Waals surface area contributed by atoms with Gasteiger partial charge in [-0.2, -0.15) is 0 Å². The first-order chi connectivity index (χ1) is 35.8. The molecule has 7 rings (SSSR count). The van der Waals surface area contributed by atoms with Gasteiger partial charge in [0.2, 0.25) is 5.79 Å². The SMILES string of the molecule is C=CCOC12Oc3ccc(Oc4cccc(C=O)c4)cc3C3C(CCCCO)C(CCCCO)C=C(C(=NOCc4ccccc4)CC1N(Cc1ccc(F)cc1)C(=O)OCCCCCCCCCCCC)C32. The molecule has 0 aromatic heterocycles. The molecular formula is C61H77FN2O9. The second-order valence-corrected chi connectivity index (χ2v) is 19.9. The molecule has 0 radical (unpaired) electrons. The number of aliphatic hydroxyl groups excluding tert-OH is 2. The van der Waals surface area contributed by atoms with Crippen LogP contribution in [0, 0.1) is 23.6 Å². The van der Waals surface area contributed by atoms with Crippen molar-refractivity contribution in [1.29, 1.82) is 0 Å². The molecule has 2 aliphatic carbocycles. The Morgan fingerprint density at radius 1 is 0.822 bits per heavy atom. The number of hydrogen-bond donors (Lipinski definition) is 2. The molecule has 1 amide bonds. The van der Waals surface area contributed by atoms with E-state index in [0.717, 1.165) is 67.9 Å². The standard InChI is InChI=1S/C61H77FN2O9/c1-3-5-6-7-8-9-10-11-12-20-37-69-60(68)64(42-45-28-30-49(62)31-29-45)57-41-55(63-71-44-46-22-14-13-15-23-46)53-39-48(25-16-18-34-65)52(27-17-19-35-66)58-54-40-51(72-50-26-21-24-47(38-50)43-67)32-33-56(54)73-61(57,59(53)58)70-36-4-2/h4,13-15,21-24,26,28-33,38-40,43,48,52,57-59,65-66H,2-3,5-12,16-20,25,27,34-37,41-42,44H2,1H3. The second kappa shape index (κ2) is 28.6. The third-order valence-electron chi connectivity index (χ3n) is 14.7. The van der Waals surface area contributed by atoms with Crippen molar-refractivity contribution in [3.63, 3.8) is 0 Å². The van der Waals surface area contributed by atoms with E-state index in [4.69, 9.17) is 28.9 Å². The van der Waals surface area contributed by atoms with Gasteiger partial charge in [0.15, 0.2) is 0 Å². The van der Waals surface area contributed by atoms with Crippen molar-refractivity contribution in [2.45, 2.75) is 147 Å². The smallest absolute Gasteiger partial charge is 0.410 e. The Morgan fingerprint density at radius 3 is 2.25 bits per heavy atom. The van der Waals surface area contributed by atoms with E-state index >= 15 is 4.79 Å². The Balaban J connectivity index is 1.34. The van der Waals surface area contributed by atoms with Crippen molar-refractivity contribution in [3.05, 3.63) is 149 Å². The summed E-state index contributed by atoms with van der Waals surface area (Å²) in [6, 6.07) is 27.9. The Labute approximate surface area is 432 Å². The Kier molecular flexibility index (Phi) is 21.5. The van der Waals surface area contributed by atoms with Crippen LogP contribution in [0.15, 0.2) is 127 Å². The van der Waals surface area contributed by atoms with E-state index in [1.54, 1.807) is 41.3 Å². The van der Waals surface area contributed by atoms with Gasteiger partial charge in [-0.05, 0) is 103 Å². The Hall–Kier alpha value is -5.82. The minimum absolute atomic E-state index is 0.00982. The van der Waals surface area contributed by atoms with E-state index in [-0.39, 0.29) is 69.6 Å². The number of ether oxygens (including phenoxy) is 4. The van der Waals surface area contributed by atoms with Crippen LogP contribution in [0.4, 0.5) is 9.18 Å². The number of carbonyl (C=O) groups is 2. The fourth-order valence-electron chi connectivity index (χ4n) is 11.2. The number of fused-ring (bicyclic) bond motifs is 2. The van der Waals surface area contributed by atoms with E-state index < -0.39 is 23.8 Å². The van der Waals surface area contributed by atoms with E-state index in [9.17, 15) is 19.4 Å². The van der Waals surface area contributed by atoms with Crippen LogP contribution < -0.4 is 9.47 Å². The number of amides is 1. The molecule has 392 valence electrons. The van der Waals surface area contributed by atoms with Crippen molar-refractivity contribution in [1.82, 2.24) is 4.90 Å². The van der Waals surface area contributed by atoms with Crippen LogP contribution in [-0.2, 0) is 27.5 Å². The highest BCUT2D eigenvalue weighted by atomic mass is 19.1. The number of unbranched alkanes of at least 4 members (excludes halogenated alkanes) is 11. The van der Waals surface area contributed by atoms with Gasteiger partial charge < -0.3 is 34.0 Å². The Morgan fingerprint density at radius 2 is 1.53 bits per heavy atom. The maximum absolute atomic E-state index is 15.1. The largest absolute Gasteiger partial charge is 0.459 e. The van der Waals surface area contributed by atoms with Crippen molar-refractivity contribution >= 4 is 18.1 Å². The minimum Gasteiger partial charge on any atom is -0.459 e. The number of hydrogen-bond acceptors (Lipinski definition) is 10. The average molecular weight is 1000 g/mol. The van der Waals surface area contributed by atoms with Gasteiger partial charge in [-0.3, -0.25) is 9.69 Å². The van der Waals surface area contributed by atoms with Gasteiger partial charge in [0.25, 0.3) is 0 Å². The summed E-state index contributed by atoms with van der Waals surface area (Å²) < 4.78 is 41.9. The van der Waals surface area contributed by atoms with Crippen LogP contribution >= 0.6 is 0 Å². The molecule has 0 bridgehead atoms. The summed E-state index contributed by atoms with van der Waals surface area (Å²) >= 11 is 0. The lowest BCUT2D eigenvalue weighted by molar-refractivity contribution is -0.256. The molecule has 4 aromatic carbocycles. The van der Waals surface area contributed by atoms with Crippen molar-refractivity contribution in [2.24, 2.45) is 22.9 Å². The number of aliphatic hydroxyl groups is 2. The van der Waals surface area contributed by atoms with E-state index in [1.807, 2.05) is 54.6 Å². The molecule has 6 atom stereocenters. The summed E-state index contributed by atoms with van der Waals surface area (Å²) in [7, 11) is 0. The lowest BCUT2D eigenvalue weighted by atomic mass is 9.55. The third kappa shape index (κ3) is 14.7. The quantitative estimate of drug-likeness (QED) is 0.0218. The highest BCUT2D eigenvalue weighted by molar-refractivity contribution is 6.03. The lowest BCUT2D eigenvalue weighted by Crippen LogP contribution is -2.70. The zero-order chi connectivity index (χ0) is 51.3. The number of rotatable bonds is 31. The van der Waals surface area contributed by atoms with Crippen LogP contribution in [-0.4, -0.2) is 71.5 Å². The number of oxime groups is 1. The summed E-state index contributed by atoms with van der Waals surface area (Å²) in [5, 5.41) is 25.1. The lowest BCUT2D eigenvalue weighted by Gasteiger charge is -2.59. The number of aldehydes is 1. The van der Waals surface area contributed by atoms with Gasteiger partial charge in [0, 0.05) is 43.2 Å². The monoisotopic (exact) mass is 1000 g/mol. The number of nitrogens with zero attached hydrogens (tertiary/aromatic N) is 2. The maximum Gasteiger partial charge on any atom is 0.410 e. The van der Waals surface area contributed by atoms with E-state index in [2.05, 4.69) is 19.6 Å². The van der Waals surface area contributed by atoms with Crippen LogP contribution in [0.3, 0.4) is 0 Å². The molecule has 1 fully saturated rings. The van der Waals surface area contributed by atoms with Gasteiger partial charge >= 0.3 is 6.09 Å². The molecule has 4 aromatic rings. The van der Waals surface area contributed by atoms with Gasteiger partial charge in [-0.1, -0.05) is 149 Å². The summed E-state index contributed by atoms with van der Waals surface area (Å²) in [5.41, 5.74) is 4.55. The number of benzene rings is 4. The topological polar surface area (TPSA) is 136 Å². The highest BCUT2D eigenvalue weighted by Crippen LogP contribution is 2.62. The summed E-state index contributed by atoms with van der Waals surface area (Å²) in [4.78, 5) is 34.8. The molecule has 0 spiro atoms. The summed E-state index contributed by atoms with van der Waals surface area (Å²) in [6.45, 7) is 7.02. The normalized spacial score (nSPS) is 21.3. The maximum atomic E-state index is 15.1. The van der Waals surface area contributed by atoms with Crippen LogP contribution in [0.2, 0.25) is 0 Å². The van der Waals surface area contributed by atoms with Gasteiger partial charge in [0.05, 0.1) is 24.8 Å². The second-order valence-electron chi connectivity index (χ2n) is 19.9. The molecule has 3 aliphatic rings. The molecule has 11 nitrogen and oxygen atoms in total. The molecule has 1 heterocycles. The highest BCUT2D eigenvalue weighted by Gasteiger charge is 2.65. The fraction of sp³-hybridized carbons (Fsp3) is 0.492. The summed E-state index contributed by atoms with van der Waals surface area (Å²) in [5.74, 6) is -1.22. The average Bonchev–Trinajstić information content (AvgIpc) is 3.41. The van der Waals surface area contributed by atoms with E-state index in [0.29, 0.717) is 53.3 Å². The number of allylic oxidation sites excluding steroid dienone is 1. The first-order valence-corrected chi connectivity index (χ1v) is 27.0. The first kappa shape index (κ1) is 54.9. The fourth-order valence-corrected chi connectivity index (χ4v) is 11.2. The molecule has 2 N–H and O–H groups in total. The van der Waals surface area contributed by atoms with Crippen LogP contribution in [0.25, 0.3) is 0 Å². The zero-order valence-corrected chi connectivity index (χ0v) is 42.9. The predicted molar refractivity (Wildman–Crippen MR) is 283 cm³/mol. The molecule has 6 unspecified atom stereocenters. The van der Waals surface area contributed by atoms with Crippen molar-refractivity contribution in [2.75, 3.05) is 26.4 Å². The van der Waals surface area contributed by atoms with Crippen LogP contribution in [0.1, 0.15) is 149 Å². The van der Waals surface area contributed by atoms with Gasteiger partial charge in [-0.25, -0.2) is 9.18 Å². The molecule has 1 saturated carbocycles. The first-order valence-electron chi connectivity index (χ1n) is 27.0. The number of halogens is 1. The van der Waals surface area contributed by atoms with Crippen molar-refractivity contribution in [3.8, 4) is 17.2 Å².